The molecule has 1 aliphatic heterocycles. The maximum absolute atomic E-state index is 5.67. The van der Waals surface area contributed by atoms with Crippen molar-refractivity contribution in [3.63, 3.8) is 0 Å². The summed E-state index contributed by atoms with van der Waals surface area (Å²) in [5, 5.41) is 1.91. The molecule has 2 nitrogen and oxygen atoms in total. The van der Waals surface area contributed by atoms with Crippen LogP contribution < -0.4 is 0 Å². The first-order valence-electron chi connectivity index (χ1n) is 34.6. The average Bonchev–Trinajstić information content (AvgIpc) is 0.760. The van der Waals surface area contributed by atoms with Crippen LogP contribution in [0, 0.1) is 55.4 Å². The predicted molar refractivity (Wildman–Crippen MR) is 435 cm³/mol. The van der Waals surface area contributed by atoms with Gasteiger partial charge in [-0.1, -0.05) is 277 Å². The molecule has 0 N–H and O–H groups in total. The molecule has 0 aliphatic carbocycles. The van der Waals surface area contributed by atoms with Gasteiger partial charge in [-0.05, 0) is 260 Å². The van der Waals surface area contributed by atoms with Crippen LogP contribution in [0.25, 0.3) is 134 Å². The van der Waals surface area contributed by atoms with Crippen molar-refractivity contribution < 1.29 is 0 Å². The normalized spacial score (nSPS) is 13.1. The van der Waals surface area contributed by atoms with Crippen LogP contribution in [0.15, 0.2) is 313 Å². The molecular weight excluding hydrogens is 1250 g/mol. The van der Waals surface area contributed by atoms with Crippen LogP contribution in [0.5, 0.6) is 0 Å². The van der Waals surface area contributed by atoms with Gasteiger partial charge in [-0.3, -0.25) is 0 Å². The molecule has 14 aromatic rings. The van der Waals surface area contributed by atoms with Gasteiger partial charge in [-0.25, -0.2) is 9.98 Å². The molecule has 1 saturated heterocycles. The Morgan fingerprint density at radius 1 is 0.200 bits per heavy atom. The Balaban J connectivity index is 0.836. The summed E-state index contributed by atoms with van der Waals surface area (Å²) in [6.45, 7) is 17.5. The molecule has 1 fully saturated rings. The molecule has 0 spiro atoms. The summed E-state index contributed by atoms with van der Waals surface area (Å²) >= 11 is 3.62. The third-order valence-corrected chi connectivity index (χ3v) is 21.9. The van der Waals surface area contributed by atoms with E-state index in [-0.39, 0.29) is 0 Å². The molecule has 0 atom stereocenters. The maximum Gasteiger partial charge on any atom is 0.129 e. The molecule has 1 aliphatic rings. The Morgan fingerprint density at radius 2 is 0.400 bits per heavy atom. The first-order valence-corrected chi connectivity index (χ1v) is 36.6. The van der Waals surface area contributed by atoms with Crippen molar-refractivity contribution in [1.82, 2.24) is 0 Å². The van der Waals surface area contributed by atoms with Gasteiger partial charge in [0.2, 0.25) is 0 Å². The van der Waals surface area contributed by atoms with E-state index in [0.29, 0.717) is 0 Å². The van der Waals surface area contributed by atoms with Gasteiger partial charge in [0.1, 0.15) is 10.1 Å². The smallest absolute Gasteiger partial charge is 0.129 e. The second-order valence-corrected chi connectivity index (χ2v) is 29.0. The number of nitrogens with zero attached hydrogens (tertiary/aromatic N) is 2. The van der Waals surface area contributed by atoms with Crippen molar-refractivity contribution in [2.75, 3.05) is 11.5 Å². The quantitative estimate of drug-likeness (QED) is 0.108. The van der Waals surface area contributed by atoms with Crippen molar-refractivity contribution in [2.24, 2.45) is 9.98 Å². The first kappa shape index (κ1) is 65.1. The van der Waals surface area contributed by atoms with Crippen LogP contribution in [-0.4, -0.2) is 21.6 Å². The lowest BCUT2D eigenvalue weighted by Gasteiger charge is -2.22. The van der Waals surface area contributed by atoms with Crippen molar-refractivity contribution >= 4 is 45.0 Å². The molecule has 484 valence electrons. The minimum absolute atomic E-state index is 0.948. The minimum atomic E-state index is 0.948. The fraction of sp³-hybridized carbons (Fsp3) is 0.104. The van der Waals surface area contributed by atoms with Crippen LogP contribution in [0.3, 0.4) is 0 Å². The molecule has 0 amide bonds. The summed E-state index contributed by atoms with van der Waals surface area (Å²) in [5.74, 6) is 1.90. The molecular formula is C96H78N2S2. The predicted octanol–water partition coefficient (Wildman–Crippen LogP) is 27.4. The Morgan fingerprint density at radius 3 is 0.630 bits per heavy atom. The molecule has 0 unspecified atom stereocenters. The molecule has 0 aromatic heterocycles. The van der Waals surface area contributed by atoms with E-state index in [2.05, 4.69) is 359 Å². The molecule has 0 saturated carbocycles. The summed E-state index contributed by atoms with van der Waals surface area (Å²) in [5.41, 5.74) is 39.7. The number of thioether (sulfide) groups is 2. The summed E-state index contributed by atoms with van der Waals surface area (Å²) in [6, 6.07) is 113. The van der Waals surface area contributed by atoms with E-state index in [1.54, 1.807) is 0 Å². The zero-order chi connectivity index (χ0) is 68.4. The summed E-state index contributed by atoms with van der Waals surface area (Å²) in [7, 11) is 0. The molecule has 1 heterocycles. The number of hydrogen-bond donors (Lipinski definition) is 0. The Kier molecular flexibility index (Phi) is 18.6. The highest BCUT2D eigenvalue weighted by molar-refractivity contribution is 8.27. The van der Waals surface area contributed by atoms with E-state index < -0.39 is 0 Å². The summed E-state index contributed by atoms with van der Waals surface area (Å²) < 4.78 is 0. The fourth-order valence-corrected chi connectivity index (χ4v) is 16.1. The van der Waals surface area contributed by atoms with Gasteiger partial charge in [-0.15, -0.1) is 23.5 Å². The summed E-state index contributed by atoms with van der Waals surface area (Å²) in [6.07, 6.45) is 0. The lowest BCUT2D eigenvalue weighted by atomic mass is 9.83. The van der Waals surface area contributed by atoms with Crippen LogP contribution in [0.2, 0.25) is 0 Å². The van der Waals surface area contributed by atoms with Gasteiger partial charge in [0.15, 0.2) is 0 Å². The van der Waals surface area contributed by atoms with E-state index in [1.807, 2.05) is 23.5 Å². The second-order valence-electron chi connectivity index (χ2n) is 26.8. The number of aryl methyl sites for hydroxylation is 8. The highest BCUT2D eigenvalue weighted by Gasteiger charge is 2.25. The standard InChI is InChI=1S/C96H78N2S2/c1-61-19-27-71(28-20-61)75-35-43-79(44-36-75)87-57-83(69-15-11-9-12-16-69)58-88(80-45-37-76(38-46-80)72-29-21-62(2)22-30-72)91(87)85-53-65(5)93(66(6)54-85)97-95-96(100-52-51-99-95)98-94-67(7)55-86(56-68(94)8)92-89(81-47-39-77(40-48-81)73-31-23-63(3)24-32-73)59-84(70-17-13-10-14-18-70)60-90(92)82-49-41-78(42-50-82)74-33-25-64(4)26-34-74/h9-50,53-60H,51-52H2,1-8H3. The summed E-state index contributed by atoms with van der Waals surface area (Å²) in [4.78, 5) is 11.3. The number of rotatable bonds is 14. The van der Waals surface area contributed by atoms with Crippen molar-refractivity contribution in [2.45, 2.75) is 55.4 Å². The third kappa shape index (κ3) is 13.8. The monoisotopic (exact) mass is 1320 g/mol. The highest BCUT2D eigenvalue weighted by Crippen LogP contribution is 2.49. The maximum atomic E-state index is 5.67. The van der Waals surface area contributed by atoms with Gasteiger partial charge in [-0.2, -0.15) is 0 Å². The first-order chi connectivity index (χ1) is 48.8. The number of aliphatic imine (C=N–C) groups is 2. The van der Waals surface area contributed by atoms with Crippen LogP contribution in [0.4, 0.5) is 11.4 Å². The zero-order valence-electron chi connectivity index (χ0n) is 58.0. The second kappa shape index (κ2) is 28.5. The molecule has 15 rings (SSSR count). The minimum Gasteiger partial charge on any atom is -0.239 e. The number of hydrogen-bond acceptors (Lipinski definition) is 4. The van der Waals surface area contributed by atoms with Gasteiger partial charge >= 0.3 is 0 Å². The van der Waals surface area contributed by atoms with Crippen LogP contribution >= 0.6 is 23.5 Å². The average molecular weight is 1320 g/mol. The van der Waals surface area contributed by atoms with Crippen molar-refractivity contribution in [3.8, 4) is 134 Å². The molecule has 4 heteroatoms. The lowest BCUT2D eigenvalue weighted by molar-refractivity contribution is 1.32. The van der Waals surface area contributed by atoms with Crippen LogP contribution in [0.1, 0.15) is 44.5 Å². The van der Waals surface area contributed by atoms with Crippen LogP contribution in [-0.2, 0) is 0 Å². The Labute approximate surface area is 599 Å². The van der Waals surface area contributed by atoms with E-state index in [1.165, 1.54) is 122 Å². The van der Waals surface area contributed by atoms with E-state index in [9.17, 15) is 0 Å². The molecule has 14 aromatic carbocycles. The lowest BCUT2D eigenvalue weighted by Crippen LogP contribution is -2.14. The van der Waals surface area contributed by atoms with E-state index >= 15 is 0 Å². The zero-order valence-corrected chi connectivity index (χ0v) is 59.6. The van der Waals surface area contributed by atoms with Crippen molar-refractivity contribution in [3.05, 3.63) is 348 Å². The van der Waals surface area contributed by atoms with Gasteiger partial charge in [0.05, 0.1) is 11.4 Å². The largest absolute Gasteiger partial charge is 0.239 e. The van der Waals surface area contributed by atoms with E-state index in [4.69, 9.17) is 9.98 Å². The van der Waals surface area contributed by atoms with E-state index in [0.717, 1.165) is 88.6 Å². The molecule has 0 radical (unpaired) electrons. The van der Waals surface area contributed by atoms with Gasteiger partial charge in [0.25, 0.3) is 0 Å². The van der Waals surface area contributed by atoms with Gasteiger partial charge in [0, 0.05) is 11.5 Å². The Hall–Kier alpha value is -10.9. The molecule has 100 heavy (non-hydrogen) atoms. The topological polar surface area (TPSA) is 24.7 Å². The fourth-order valence-electron chi connectivity index (χ4n) is 14.1. The third-order valence-electron chi connectivity index (χ3n) is 19.5. The SMILES string of the molecule is Cc1ccc(-c2ccc(-c3cc(-c4ccccc4)cc(-c4ccc(-c5ccc(C)cc5)cc4)c3-c3cc(C)c(N=C4SCCSC4=Nc4c(C)cc(-c5c(-c6ccc(-c7ccc(C)cc7)cc6)cc(-c6ccccc6)cc5-c5ccc(-c6ccc(C)cc6)cc5)cc4C)c(C)c3)cc2)cc1. The van der Waals surface area contributed by atoms with Gasteiger partial charge < -0.3 is 0 Å². The van der Waals surface area contributed by atoms with Crippen molar-refractivity contribution in [1.29, 1.82) is 0 Å². The molecule has 0 bridgehead atoms. The highest BCUT2D eigenvalue weighted by atomic mass is 32.2. The Bertz CT molecular complexity index is 4770. The number of benzene rings is 14.